The Hall–Kier alpha value is -1.36. The summed E-state index contributed by atoms with van der Waals surface area (Å²) in [6.07, 6.45) is -4.33. The molecular formula is C12H7BrF3N. The summed E-state index contributed by atoms with van der Waals surface area (Å²) in [5, 5.41) is 0. The van der Waals surface area contributed by atoms with E-state index < -0.39 is 11.7 Å². The first-order valence-corrected chi connectivity index (χ1v) is 5.56. The quantitative estimate of drug-likeness (QED) is 0.705. The molecule has 0 N–H and O–H groups in total. The summed E-state index contributed by atoms with van der Waals surface area (Å²) in [7, 11) is 0. The lowest BCUT2D eigenvalue weighted by Crippen LogP contribution is -2.04. The molecule has 0 spiro atoms. The van der Waals surface area contributed by atoms with Crippen molar-refractivity contribution in [1.29, 1.82) is 0 Å². The van der Waals surface area contributed by atoms with E-state index >= 15 is 0 Å². The Bertz CT molecular complexity index is 537. The van der Waals surface area contributed by atoms with Crippen LogP contribution in [0.1, 0.15) is 5.56 Å². The third kappa shape index (κ3) is 2.85. The molecule has 0 amide bonds. The van der Waals surface area contributed by atoms with Crippen molar-refractivity contribution < 1.29 is 13.2 Å². The highest BCUT2D eigenvalue weighted by Crippen LogP contribution is 2.31. The molecule has 2 aromatic rings. The van der Waals surface area contributed by atoms with Crippen molar-refractivity contribution in [2.75, 3.05) is 0 Å². The van der Waals surface area contributed by atoms with Crippen LogP contribution in [0.15, 0.2) is 47.1 Å². The Labute approximate surface area is 104 Å². The number of hydrogen-bond acceptors (Lipinski definition) is 1. The highest BCUT2D eigenvalue weighted by atomic mass is 79.9. The lowest BCUT2D eigenvalue weighted by molar-refractivity contribution is -0.137. The van der Waals surface area contributed by atoms with Crippen LogP contribution < -0.4 is 0 Å². The van der Waals surface area contributed by atoms with E-state index in [4.69, 9.17) is 0 Å². The molecule has 0 aliphatic carbocycles. The zero-order valence-corrected chi connectivity index (χ0v) is 10.1. The van der Waals surface area contributed by atoms with Gasteiger partial charge in [-0.1, -0.05) is 18.2 Å². The van der Waals surface area contributed by atoms with Gasteiger partial charge in [-0.3, -0.25) is 0 Å². The van der Waals surface area contributed by atoms with Crippen LogP contribution in [0.25, 0.3) is 11.3 Å². The van der Waals surface area contributed by atoms with Crippen LogP contribution in [0.2, 0.25) is 0 Å². The summed E-state index contributed by atoms with van der Waals surface area (Å²) in [6.45, 7) is 0. The van der Waals surface area contributed by atoms with Crippen LogP contribution in [-0.2, 0) is 6.18 Å². The Morgan fingerprint density at radius 2 is 1.71 bits per heavy atom. The summed E-state index contributed by atoms with van der Waals surface area (Å²) in [4.78, 5) is 4.12. The Morgan fingerprint density at radius 3 is 2.35 bits per heavy atom. The van der Waals surface area contributed by atoms with Gasteiger partial charge in [-0.05, 0) is 40.2 Å². The third-order valence-corrected chi connectivity index (χ3v) is 2.64. The summed E-state index contributed by atoms with van der Waals surface area (Å²) in [5.41, 5.74) is 0.281. The SMILES string of the molecule is FC(F)(F)c1cccc(-c2cccc(Br)n2)c1. The molecule has 0 aliphatic rings. The van der Waals surface area contributed by atoms with E-state index in [0.717, 1.165) is 12.1 Å². The predicted molar refractivity (Wildman–Crippen MR) is 62.4 cm³/mol. The average molecular weight is 302 g/mol. The number of rotatable bonds is 1. The summed E-state index contributed by atoms with van der Waals surface area (Å²) >= 11 is 3.18. The minimum absolute atomic E-state index is 0.445. The van der Waals surface area contributed by atoms with Crippen molar-refractivity contribution in [2.24, 2.45) is 0 Å². The molecular weight excluding hydrogens is 295 g/mol. The number of halogens is 4. The van der Waals surface area contributed by atoms with Crippen LogP contribution >= 0.6 is 15.9 Å². The smallest absolute Gasteiger partial charge is 0.241 e. The predicted octanol–water partition coefficient (Wildman–Crippen LogP) is 4.53. The maximum atomic E-state index is 12.5. The van der Waals surface area contributed by atoms with Gasteiger partial charge in [-0.15, -0.1) is 0 Å². The molecule has 1 aromatic carbocycles. The second-order valence-electron chi connectivity index (χ2n) is 3.42. The average Bonchev–Trinajstić information content (AvgIpc) is 2.28. The van der Waals surface area contributed by atoms with Crippen LogP contribution in [0.3, 0.4) is 0 Å². The van der Waals surface area contributed by atoms with Gasteiger partial charge in [-0.25, -0.2) is 4.98 Å². The summed E-state index contributed by atoms with van der Waals surface area (Å²) < 4.78 is 38.2. The number of aromatic nitrogens is 1. The lowest BCUT2D eigenvalue weighted by Gasteiger charge is -2.08. The standard InChI is InChI=1S/C12H7BrF3N/c13-11-6-2-5-10(17-11)8-3-1-4-9(7-8)12(14,15)16/h1-7H. The van der Waals surface area contributed by atoms with E-state index in [1.165, 1.54) is 6.07 Å². The first-order valence-electron chi connectivity index (χ1n) is 4.77. The second-order valence-corrected chi connectivity index (χ2v) is 4.24. The van der Waals surface area contributed by atoms with Crippen LogP contribution in [0.5, 0.6) is 0 Å². The van der Waals surface area contributed by atoms with Crippen LogP contribution in [0.4, 0.5) is 13.2 Å². The second kappa shape index (κ2) is 4.49. The van der Waals surface area contributed by atoms with Crippen molar-refractivity contribution in [3.63, 3.8) is 0 Å². The maximum absolute atomic E-state index is 12.5. The Morgan fingerprint density at radius 1 is 1.00 bits per heavy atom. The van der Waals surface area contributed by atoms with Crippen molar-refractivity contribution in [3.8, 4) is 11.3 Å². The molecule has 1 nitrogen and oxygen atoms in total. The molecule has 0 bridgehead atoms. The zero-order chi connectivity index (χ0) is 12.5. The molecule has 0 radical (unpaired) electrons. The van der Waals surface area contributed by atoms with Crippen molar-refractivity contribution in [2.45, 2.75) is 6.18 Å². The van der Waals surface area contributed by atoms with Gasteiger partial charge in [0.25, 0.3) is 0 Å². The fraction of sp³-hybridized carbons (Fsp3) is 0.0833. The van der Waals surface area contributed by atoms with Gasteiger partial charge in [-0.2, -0.15) is 13.2 Å². The monoisotopic (exact) mass is 301 g/mol. The van der Waals surface area contributed by atoms with E-state index in [-0.39, 0.29) is 0 Å². The topological polar surface area (TPSA) is 12.9 Å². The molecule has 0 unspecified atom stereocenters. The van der Waals surface area contributed by atoms with Gasteiger partial charge in [0, 0.05) is 5.56 Å². The van der Waals surface area contributed by atoms with Gasteiger partial charge in [0.05, 0.1) is 11.3 Å². The Balaban J connectivity index is 2.47. The lowest BCUT2D eigenvalue weighted by atomic mass is 10.1. The number of nitrogens with zero attached hydrogens (tertiary/aromatic N) is 1. The molecule has 2 rings (SSSR count). The van der Waals surface area contributed by atoms with E-state index in [1.807, 2.05) is 0 Å². The number of pyridine rings is 1. The summed E-state index contributed by atoms with van der Waals surface area (Å²) in [5.74, 6) is 0. The normalized spacial score (nSPS) is 11.5. The number of benzene rings is 1. The highest BCUT2D eigenvalue weighted by Gasteiger charge is 2.30. The third-order valence-electron chi connectivity index (χ3n) is 2.20. The molecule has 0 saturated heterocycles. The fourth-order valence-electron chi connectivity index (χ4n) is 1.42. The first kappa shape index (κ1) is 12.1. The van der Waals surface area contributed by atoms with Gasteiger partial charge in [0.2, 0.25) is 0 Å². The zero-order valence-electron chi connectivity index (χ0n) is 8.50. The van der Waals surface area contributed by atoms with Crippen LogP contribution in [0, 0.1) is 0 Å². The minimum Gasteiger partial charge on any atom is -0.241 e. The highest BCUT2D eigenvalue weighted by molar-refractivity contribution is 9.10. The maximum Gasteiger partial charge on any atom is 0.416 e. The number of alkyl halides is 3. The molecule has 5 heteroatoms. The molecule has 0 aliphatic heterocycles. The summed E-state index contributed by atoms with van der Waals surface area (Å²) in [6, 6.07) is 10.2. The fourth-order valence-corrected chi connectivity index (χ4v) is 1.77. The molecule has 1 aromatic heterocycles. The number of hydrogen-bond donors (Lipinski definition) is 0. The largest absolute Gasteiger partial charge is 0.416 e. The molecule has 0 saturated carbocycles. The first-order chi connectivity index (χ1) is 7.97. The molecule has 0 fully saturated rings. The molecule has 17 heavy (non-hydrogen) atoms. The van der Waals surface area contributed by atoms with Crippen molar-refractivity contribution in [1.82, 2.24) is 4.98 Å². The van der Waals surface area contributed by atoms with Gasteiger partial charge in [0.15, 0.2) is 0 Å². The minimum atomic E-state index is -4.33. The van der Waals surface area contributed by atoms with Gasteiger partial charge in [0.1, 0.15) is 4.60 Å². The van der Waals surface area contributed by atoms with Crippen molar-refractivity contribution in [3.05, 3.63) is 52.6 Å². The van der Waals surface area contributed by atoms with Crippen molar-refractivity contribution >= 4 is 15.9 Å². The molecule has 0 atom stereocenters. The molecule has 1 heterocycles. The van der Waals surface area contributed by atoms with Crippen LogP contribution in [-0.4, -0.2) is 4.98 Å². The van der Waals surface area contributed by atoms with E-state index in [2.05, 4.69) is 20.9 Å². The van der Waals surface area contributed by atoms with E-state index in [0.29, 0.717) is 15.9 Å². The van der Waals surface area contributed by atoms with Gasteiger partial charge >= 0.3 is 6.18 Å². The van der Waals surface area contributed by atoms with E-state index in [1.54, 1.807) is 24.3 Å². The van der Waals surface area contributed by atoms with Gasteiger partial charge < -0.3 is 0 Å². The van der Waals surface area contributed by atoms with E-state index in [9.17, 15) is 13.2 Å². The Kier molecular flexibility index (Phi) is 3.19. The molecule has 88 valence electrons.